The fourth-order valence-electron chi connectivity index (χ4n) is 2.78. The van der Waals surface area contributed by atoms with Gasteiger partial charge in [-0.2, -0.15) is 0 Å². The fourth-order valence-corrected chi connectivity index (χ4v) is 2.78. The zero-order valence-corrected chi connectivity index (χ0v) is 11.9. The van der Waals surface area contributed by atoms with Crippen LogP contribution >= 0.6 is 0 Å². The van der Waals surface area contributed by atoms with Crippen LogP contribution in [0.1, 0.15) is 25.0 Å². The van der Waals surface area contributed by atoms with Gasteiger partial charge in [0, 0.05) is 25.2 Å². The molecule has 1 aromatic carbocycles. The van der Waals surface area contributed by atoms with Crippen molar-refractivity contribution in [1.29, 1.82) is 0 Å². The molecule has 1 aliphatic heterocycles. The number of nitrogens with zero attached hydrogens (tertiary/aromatic N) is 1. The smallest absolute Gasteiger partial charge is 0.123 e. The van der Waals surface area contributed by atoms with E-state index in [-0.39, 0.29) is 5.54 Å². The Labute approximate surface area is 110 Å². The van der Waals surface area contributed by atoms with Gasteiger partial charge in [-0.05, 0) is 32.0 Å². The predicted molar refractivity (Wildman–Crippen MR) is 75.2 cm³/mol. The normalized spacial score (nSPS) is 25.1. The van der Waals surface area contributed by atoms with Crippen molar-refractivity contribution in [3.63, 3.8) is 0 Å². The third kappa shape index (κ3) is 2.52. The first-order chi connectivity index (χ1) is 8.59. The van der Waals surface area contributed by atoms with Crippen molar-refractivity contribution >= 4 is 0 Å². The average molecular weight is 248 g/mol. The first-order valence-corrected chi connectivity index (χ1v) is 6.70. The van der Waals surface area contributed by atoms with Gasteiger partial charge in [0.05, 0.1) is 12.6 Å². The molecule has 3 nitrogen and oxygen atoms in total. The van der Waals surface area contributed by atoms with Crippen molar-refractivity contribution in [2.24, 2.45) is 0 Å². The number of hydrogen-bond acceptors (Lipinski definition) is 3. The fraction of sp³-hybridized carbons (Fsp3) is 0.600. The van der Waals surface area contributed by atoms with Gasteiger partial charge in [0.1, 0.15) is 5.75 Å². The van der Waals surface area contributed by atoms with Crippen LogP contribution in [0.15, 0.2) is 18.2 Å². The molecule has 3 heteroatoms. The third-order valence-electron chi connectivity index (χ3n) is 3.86. The summed E-state index contributed by atoms with van der Waals surface area (Å²) in [5.41, 5.74) is 2.61. The Kier molecular flexibility index (Phi) is 3.93. The van der Waals surface area contributed by atoms with Crippen LogP contribution in [0.25, 0.3) is 0 Å². The van der Waals surface area contributed by atoms with Gasteiger partial charge in [0.25, 0.3) is 0 Å². The van der Waals surface area contributed by atoms with E-state index >= 15 is 0 Å². The molecule has 0 spiro atoms. The predicted octanol–water partition coefficient (Wildman–Crippen LogP) is 2.01. The molecule has 0 radical (unpaired) electrons. The minimum Gasteiger partial charge on any atom is -0.496 e. The molecule has 1 N–H and O–H groups in total. The summed E-state index contributed by atoms with van der Waals surface area (Å²) in [6.45, 7) is 7.59. The molecule has 1 heterocycles. The van der Waals surface area contributed by atoms with E-state index in [1.807, 2.05) is 0 Å². The number of rotatable bonds is 3. The van der Waals surface area contributed by atoms with E-state index in [0.717, 1.165) is 31.8 Å². The van der Waals surface area contributed by atoms with E-state index in [0.29, 0.717) is 0 Å². The maximum Gasteiger partial charge on any atom is 0.123 e. The summed E-state index contributed by atoms with van der Waals surface area (Å²) < 4.78 is 5.54. The molecule has 0 aliphatic carbocycles. The lowest BCUT2D eigenvalue weighted by molar-refractivity contribution is 0.168. The van der Waals surface area contributed by atoms with Crippen molar-refractivity contribution in [3.8, 4) is 5.75 Å². The highest BCUT2D eigenvalue weighted by atomic mass is 16.5. The largest absolute Gasteiger partial charge is 0.496 e. The van der Waals surface area contributed by atoms with E-state index < -0.39 is 0 Å². The molecule has 0 aromatic heterocycles. The average Bonchev–Trinajstić information content (AvgIpc) is 2.37. The van der Waals surface area contributed by atoms with Crippen molar-refractivity contribution in [2.75, 3.05) is 33.8 Å². The Balaban J connectivity index is 2.40. The number of ether oxygens (including phenoxy) is 1. The van der Waals surface area contributed by atoms with Crippen molar-refractivity contribution in [3.05, 3.63) is 29.3 Å². The molecule has 100 valence electrons. The molecule has 1 saturated heterocycles. The molecule has 0 bridgehead atoms. The molecule has 18 heavy (non-hydrogen) atoms. The molecule has 1 atom stereocenters. The molecule has 1 aliphatic rings. The Morgan fingerprint density at radius 1 is 1.44 bits per heavy atom. The van der Waals surface area contributed by atoms with Gasteiger partial charge in [-0.1, -0.05) is 19.1 Å². The van der Waals surface area contributed by atoms with E-state index in [1.54, 1.807) is 7.11 Å². The van der Waals surface area contributed by atoms with Crippen LogP contribution in [-0.2, 0) is 12.0 Å². The lowest BCUT2D eigenvalue weighted by Gasteiger charge is -2.41. The highest BCUT2D eigenvalue weighted by Crippen LogP contribution is 2.32. The summed E-state index contributed by atoms with van der Waals surface area (Å²) in [6, 6.07) is 6.53. The zero-order valence-electron chi connectivity index (χ0n) is 11.9. The maximum atomic E-state index is 5.54. The van der Waals surface area contributed by atoms with Gasteiger partial charge in [-0.25, -0.2) is 0 Å². The van der Waals surface area contributed by atoms with Gasteiger partial charge in [0.2, 0.25) is 0 Å². The molecule has 0 amide bonds. The summed E-state index contributed by atoms with van der Waals surface area (Å²) in [6.07, 6.45) is 1.06. The summed E-state index contributed by atoms with van der Waals surface area (Å²) >= 11 is 0. The molecule has 1 aromatic rings. The molecule has 1 unspecified atom stereocenters. The van der Waals surface area contributed by atoms with E-state index in [9.17, 15) is 0 Å². The first-order valence-electron chi connectivity index (χ1n) is 6.70. The molecule has 0 saturated carbocycles. The minimum atomic E-state index is -0.0243. The second-order valence-corrected chi connectivity index (χ2v) is 5.38. The molecule has 2 rings (SSSR count). The highest BCUT2D eigenvalue weighted by molar-refractivity contribution is 5.42. The van der Waals surface area contributed by atoms with Crippen LogP contribution in [0.5, 0.6) is 5.75 Å². The first kappa shape index (κ1) is 13.4. The maximum absolute atomic E-state index is 5.54. The Morgan fingerprint density at radius 2 is 2.22 bits per heavy atom. The van der Waals surface area contributed by atoms with E-state index in [2.05, 4.69) is 49.3 Å². The van der Waals surface area contributed by atoms with Crippen LogP contribution < -0.4 is 10.1 Å². The molecular weight excluding hydrogens is 224 g/mol. The van der Waals surface area contributed by atoms with Crippen molar-refractivity contribution < 1.29 is 4.74 Å². The van der Waals surface area contributed by atoms with Gasteiger partial charge in [-0.3, -0.25) is 0 Å². The zero-order chi connectivity index (χ0) is 13.2. The summed E-state index contributed by atoms with van der Waals surface area (Å²) in [5.74, 6) is 0.984. The summed E-state index contributed by atoms with van der Waals surface area (Å²) in [5, 5.41) is 3.65. The Bertz CT molecular complexity index is 419. The van der Waals surface area contributed by atoms with Crippen molar-refractivity contribution in [1.82, 2.24) is 10.2 Å². The number of methoxy groups -OCH3 is 1. The summed E-state index contributed by atoms with van der Waals surface area (Å²) in [7, 11) is 3.93. The third-order valence-corrected chi connectivity index (χ3v) is 3.86. The standard InChI is InChI=1S/C15H24N2O/c1-5-12-6-7-14(18-4)13(10-12)15(2)11-17(3)9-8-16-15/h6-7,10,16H,5,8-9,11H2,1-4H3. The van der Waals surface area contributed by atoms with Crippen LogP contribution in [0.4, 0.5) is 0 Å². The molecule has 1 fully saturated rings. The topological polar surface area (TPSA) is 24.5 Å². The number of hydrogen-bond donors (Lipinski definition) is 1. The SMILES string of the molecule is CCc1ccc(OC)c(C2(C)CN(C)CCN2)c1. The number of aryl methyl sites for hydroxylation is 1. The number of likely N-dealkylation sites (N-methyl/N-ethyl adjacent to an activating group) is 1. The van der Waals surface area contributed by atoms with Crippen molar-refractivity contribution in [2.45, 2.75) is 25.8 Å². The number of benzene rings is 1. The highest BCUT2D eigenvalue weighted by Gasteiger charge is 2.33. The second-order valence-electron chi connectivity index (χ2n) is 5.38. The number of nitrogens with one attached hydrogen (secondary N) is 1. The van der Waals surface area contributed by atoms with Crippen LogP contribution in [0.3, 0.4) is 0 Å². The van der Waals surface area contributed by atoms with Gasteiger partial charge in [-0.15, -0.1) is 0 Å². The quantitative estimate of drug-likeness (QED) is 0.885. The Morgan fingerprint density at radius 3 is 2.83 bits per heavy atom. The lowest BCUT2D eigenvalue weighted by Crippen LogP contribution is -2.55. The van der Waals surface area contributed by atoms with Crippen LogP contribution in [0, 0.1) is 0 Å². The van der Waals surface area contributed by atoms with Crippen LogP contribution in [0.2, 0.25) is 0 Å². The Hall–Kier alpha value is -1.06. The van der Waals surface area contributed by atoms with E-state index in [4.69, 9.17) is 4.74 Å². The van der Waals surface area contributed by atoms with Gasteiger partial charge < -0.3 is 15.0 Å². The minimum absolute atomic E-state index is 0.0243. The number of piperazine rings is 1. The summed E-state index contributed by atoms with van der Waals surface area (Å²) in [4.78, 5) is 2.37. The van der Waals surface area contributed by atoms with Gasteiger partial charge in [0.15, 0.2) is 0 Å². The van der Waals surface area contributed by atoms with E-state index in [1.165, 1.54) is 11.1 Å². The van der Waals surface area contributed by atoms with Crippen LogP contribution in [-0.4, -0.2) is 38.7 Å². The molecular formula is C15H24N2O. The second kappa shape index (κ2) is 5.29. The van der Waals surface area contributed by atoms with Gasteiger partial charge >= 0.3 is 0 Å². The lowest BCUT2D eigenvalue weighted by atomic mass is 9.87. The monoisotopic (exact) mass is 248 g/mol.